The fourth-order valence-electron chi connectivity index (χ4n) is 2.17. The van der Waals surface area contributed by atoms with E-state index in [9.17, 15) is 22.4 Å². The van der Waals surface area contributed by atoms with Crippen LogP contribution in [0.5, 0.6) is 0 Å². The van der Waals surface area contributed by atoms with E-state index in [-0.39, 0.29) is 60.9 Å². The van der Waals surface area contributed by atoms with Gasteiger partial charge in [-0.05, 0) is 32.1 Å². The summed E-state index contributed by atoms with van der Waals surface area (Å²) in [5.41, 5.74) is 0. The van der Waals surface area contributed by atoms with Crippen LogP contribution in [0.3, 0.4) is 0 Å². The van der Waals surface area contributed by atoms with Crippen molar-refractivity contribution in [3.63, 3.8) is 0 Å². The van der Waals surface area contributed by atoms with E-state index >= 15 is 0 Å². The van der Waals surface area contributed by atoms with E-state index in [0.717, 1.165) is 32.1 Å². The zero-order valence-corrected chi connectivity index (χ0v) is 15.8. The van der Waals surface area contributed by atoms with Gasteiger partial charge in [0.2, 0.25) is 0 Å². The van der Waals surface area contributed by atoms with Gasteiger partial charge in [-0.3, -0.25) is 4.79 Å². The van der Waals surface area contributed by atoms with Gasteiger partial charge in [0.05, 0.1) is 19.0 Å². The average Bonchev–Trinajstić information content (AvgIpc) is 2.48. The fourth-order valence-corrected chi connectivity index (χ4v) is 2.17. The van der Waals surface area contributed by atoms with Gasteiger partial charge in [0.25, 0.3) is 0 Å². The number of alkyl halides is 2. The Hall–Kier alpha value is 0.01000. The Balaban J connectivity index is 0. The number of rotatable bonds is 7. The molecule has 0 heterocycles. The van der Waals surface area contributed by atoms with E-state index in [1.807, 2.05) is 0 Å². The largest absolute Gasteiger partial charge is 1.00 e. The molecule has 4 nitrogen and oxygen atoms in total. The zero-order chi connectivity index (χ0) is 17.0. The molecule has 0 N–H and O–H groups in total. The van der Waals surface area contributed by atoms with Crippen LogP contribution in [-0.4, -0.2) is 26.9 Å². The summed E-state index contributed by atoms with van der Waals surface area (Å²) in [6.45, 7) is 0.0271. The Kier molecular flexibility index (Phi) is 15.8. The normalized spacial score (nSPS) is 15.2. The van der Waals surface area contributed by atoms with Gasteiger partial charge >= 0.3 is 47.1 Å². The van der Waals surface area contributed by atoms with Crippen LogP contribution in [0.2, 0.25) is 0 Å². The van der Waals surface area contributed by atoms with Gasteiger partial charge in [0.1, 0.15) is 0 Å². The van der Waals surface area contributed by atoms with E-state index in [4.69, 9.17) is 13.2 Å². The summed E-state index contributed by atoms with van der Waals surface area (Å²) < 4.78 is 70.2. The van der Waals surface area contributed by atoms with E-state index < -0.39 is 30.3 Å². The van der Waals surface area contributed by atoms with Crippen molar-refractivity contribution in [2.24, 2.45) is 5.92 Å². The standard InChI is InChI=1S/C13H19F4O2.Na.O2S/c14-12(15)13(16,17)8-4-5-9-19-11(18)10-6-2-1-3-7-10;;1-3-2/h10H,1-9H2;;/q-1;+1;. The predicted octanol–water partition coefficient (Wildman–Crippen LogP) is 0.678. The number of halogens is 4. The SMILES string of the molecule is O=C(OCCCCC(F)(F)[C-](F)F)C1CCCCC1.O=S=O.[Na+]. The van der Waals surface area contributed by atoms with Crippen molar-refractivity contribution in [2.75, 3.05) is 6.61 Å². The van der Waals surface area contributed by atoms with Gasteiger partial charge in [-0.2, -0.15) is 8.42 Å². The number of unbranched alkanes of at least 4 members (excludes halogenated alkanes) is 1. The van der Waals surface area contributed by atoms with Crippen LogP contribution < -0.4 is 29.6 Å². The van der Waals surface area contributed by atoms with Crippen LogP contribution in [0, 0.1) is 12.3 Å². The molecule has 1 aliphatic carbocycles. The molecule has 0 aliphatic heterocycles. The molecule has 0 aromatic carbocycles. The van der Waals surface area contributed by atoms with E-state index in [1.54, 1.807) is 0 Å². The summed E-state index contributed by atoms with van der Waals surface area (Å²) in [5.74, 6) is -4.38. The Morgan fingerprint density at radius 1 is 1.13 bits per heavy atom. The van der Waals surface area contributed by atoms with Crippen molar-refractivity contribution in [1.82, 2.24) is 0 Å². The molecule has 23 heavy (non-hydrogen) atoms. The van der Waals surface area contributed by atoms with Crippen LogP contribution in [0.1, 0.15) is 51.4 Å². The number of hydrogen-bond acceptors (Lipinski definition) is 4. The maximum absolute atomic E-state index is 12.5. The third-order valence-electron chi connectivity index (χ3n) is 3.34. The number of carbonyl (C=O) groups is 1. The average molecular weight is 370 g/mol. The zero-order valence-electron chi connectivity index (χ0n) is 13.0. The molecule has 0 aromatic heterocycles. The van der Waals surface area contributed by atoms with Gasteiger partial charge in [0.15, 0.2) is 5.92 Å². The Labute approximate surface area is 158 Å². The molecule has 0 unspecified atom stereocenters. The van der Waals surface area contributed by atoms with Crippen LogP contribution in [0.15, 0.2) is 0 Å². The van der Waals surface area contributed by atoms with Crippen molar-refractivity contribution < 1.29 is 65.1 Å². The predicted molar refractivity (Wildman–Crippen MR) is 70.7 cm³/mol. The molecule has 1 aliphatic rings. The van der Waals surface area contributed by atoms with Crippen molar-refractivity contribution >= 4 is 17.5 Å². The minimum absolute atomic E-state index is 0. The Morgan fingerprint density at radius 3 is 2.13 bits per heavy atom. The van der Waals surface area contributed by atoms with Crippen molar-refractivity contribution in [2.45, 2.75) is 57.3 Å². The molecule has 0 aromatic rings. The number of ether oxygens (including phenoxy) is 1. The molecule has 10 heteroatoms. The second-order valence-corrected chi connectivity index (χ2v) is 5.13. The van der Waals surface area contributed by atoms with Gasteiger partial charge in [-0.25, -0.2) is 8.78 Å². The number of esters is 1. The number of hydrogen-bond donors (Lipinski definition) is 0. The smallest absolute Gasteiger partial charge is 0.465 e. The molecule has 0 saturated heterocycles. The van der Waals surface area contributed by atoms with Crippen LogP contribution in [0.25, 0.3) is 0 Å². The third-order valence-corrected chi connectivity index (χ3v) is 3.34. The van der Waals surface area contributed by atoms with E-state index in [1.165, 1.54) is 0 Å². The second-order valence-electron chi connectivity index (χ2n) is 4.99. The molecule has 0 atom stereocenters. The van der Waals surface area contributed by atoms with Crippen LogP contribution in [0.4, 0.5) is 17.6 Å². The second kappa shape index (κ2) is 14.4. The van der Waals surface area contributed by atoms with Crippen LogP contribution >= 0.6 is 0 Å². The van der Waals surface area contributed by atoms with Gasteiger partial charge < -0.3 is 13.5 Å². The molecular formula is C13H19F4NaO4S. The Bertz CT molecular complexity index is 360. The number of carbonyl (C=O) groups excluding carboxylic acids is 1. The summed E-state index contributed by atoms with van der Waals surface area (Å²) in [6, 6.07) is 0. The summed E-state index contributed by atoms with van der Waals surface area (Å²) in [5, 5.41) is 0. The van der Waals surface area contributed by atoms with E-state index in [0.29, 0.717) is 0 Å². The molecule has 1 saturated carbocycles. The molecule has 0 amide bonds. The molecule has 0 spiro atoms. The van der Waals surface area contributed by atoms with Crippen molar-refractivity contribution in [1.29, 1.82) is 0 Å². The first-order valence-electron chi connectivity index (χ1n) is 6.99. The minimum atomic E-state index is -4.02. The molecular weight excluding hydrogens is 351 g/mol. The fraction of sp³-hybridized carbons (Fsp3) is 0.846. The first-order valence-corrected chi connectivity index (χ1v) is 7.66. The molecule has 0 bridgehead atoms. The van der Waals surface area contributed by atoms with Gasteiger partial charge in [-0.15, -0.1) is 0 Å². The summed E-state index contributed by atoms with van der Waals surface area (Å²) >= 11 is -0.750. The summed E-state index contributed by atoms with van der Waals surface area (Å²) in [6.07, 6.45) is 1.11. The maximum Gasteiger partial charge on any atom is 1.00 e. The minimum Gasteiger partial charge on any atom is -0.465 e. The summed E-state index contributed by atoms with van der Waals surface area (Å²) in [4.78, 5) is 11.6. The molecule has 1 rings (SSSR count). The monoisotopic (exact) mass is 370 g/mol. The molecule has 0 radical (unpaired) electrons. The summed E-state index contributed by atoms with van der Waals surface area (Å²) in [7, 11) is 0. The third kappa shape index (κ3) is 12.1. The first-order chi connectivity index (χ1) is 10.3. The first kappa shape index (κ1) is 25.3. The van der Waals surface area contributed by atoms with E-state index in [2.05, 4.69) is 0 Å². The molecule has 130 valence electrons. The Morgan fingerprint density at radius 2 is 1.65 bits per heavy atom. The topological polar surface area (TPSA) is 60.4 Å². The molecule has 1 fully saturated rings. The van der Waals surface area contributed by atoms with Gasteiger partial charge in [-0.1, -0.05) is 19.3 Å². The van der Waals surface area contributed by atoms with Crippen LogP contribution in [-0.2, 0) is 21.1 Å². The van der Waals surface area contributed by atoms with Crippen molar-refractivity contribution in [3.05, 3.63) is 6.43 Å². The maximum atomic E-state index is 12.5. The quantitative estimate of drug-likeness (QED) is 0.217. The van der Waals surface area contributed by atoms with Gasteiger partial charge in [0, 0.05) is 0 Å². The van der Waals surface area contributed by atoms with Crippen molar-refractivity contribution in [3.8, 4) is 0 Å².